The zero-order valence-electron chi connectivity index (χ0n) is 16.9. The highest BCUT2D eigenvalue weighted by atomic mass is 32.2. The molecular weight excluding hydrogens is 398 g/mol. The summed E-state index contributed by atoms with van der Waals surface area (Å²) in [5, 5.41) is 2.91. The molecule has 0 saturated heterocycles. The van der Waals surface area contributed by atoms with E-state index in [2.05, 4.69) is 5.32 Å². The summed E-state index contributed by atoms with van der Waals surface area (Å²) in [5.74, 6) is 1.29. The van der Waals surface area contributed by atoms with Crippen molar-refractivity contribution < 1.29 is 19.1 Å². The van der Waals surface area contributed by atoms with Crippen molar-refractivity contribution in [3.05, 3.63) is 83.9 Å². The van der Waals surface area contributed by atoms with Crippen LogP contribution in [0, 0.1) is 0 Å². The van der Waals surface area contributed by atoms with E-state index in [4.69, 9.17) is 9.47 Å². The van der Waals surface area contributed by atoms with Crippen LogP contribution < -0.4 is 14.8 Å². The second-order valence-corrected chi connectivity index (χ2v) is 7.57. The van der Waals surface area contributed by atoms with Crippen molar-refractivity contribution in [1.29, 1.82) is 0 Å². The Morgan fingerprint density at radius 1 is 0.867 bits per heavy atom. The molecule has 0 bridgehead atoms. The molecule has 154 valence electrons. The van der Waals surface area contributed by atoms with Crippen LogP contribution in [0.1, 0.15) is 15.9 Å². The number of ketones is 1. The molecule has 3 aromatic rings. The van der Waals surface area contributed by atoms with Gasteiger partial charge in [0, 0.05) is 16.1 Å². The predicted octanol–water partition coefficient (Wildman–Crippen LogP) is 4.86. The van der Waals surface area contributed by atoms with E-state index in [-0.39, 0.29) is 17.4 Å². The molecular formula is C24H23NO4S. The third kappa shape index (κ3) is 5.87. The van der Waals surface area contributed by atoms with E-state index in [0.717, 1.165) is 10.5 Å². The number of carbonyl (C=O) groups is 2. The van der Waals surface area contributed by atoms with Crippen LogP contribution in [0.2, 0.25) is 0 Å². The van der Waals surface area contributed by atoms with Gasteiger partial charge in [-0.1, -0.05) is 36.4 Å². The van der Waals surface area contributed by atoms with Gasteiger partial charge in [0.2, 0.25) is 5.91 Å². The molecule has 0 atom stereocenters. The maximum atomic E-state index is 12.6. The zero-order valence-corrected chi connectivity index (χ0v) is 17.7. The van der Waals surface area contributed by atoms with Crippen molar-refractivity contribution in [2.45, 2.75) is 11.3 Å². The lowest BCUT2D eigenvalue weighted by Gasteiger charge is -2.09. The number of nitrogens with one attached hydrogen (secondary N) is 1. The van der Waals surface area contributed by atoms with Crippen molar-refractivity contribution in [3.63, 3.8) is 0 Å². The Hall–Kier alpha value is -3.25. The molecule has 0 spiro atoms. The summed E-state index contributed by atoms with van der Waals surface area (Å²) < 4.78 is 10.5. The summed E-state index contributed by atoms with van der Waals surface area (Å²) >= 11 is 1.42. The Bertz CT molecular complexity index is 1020. The van der Waals surface area contributed by atoms with Gasteiger partial charge in [0.15, 0.2) is 17.3 Å². The number of Topliss-reactive ketones (excluding diaryl/α,β-unsaturated/α-hetero) is 1. The van der Waals surface area contributed by atoms with Gasteiger partial charge >= 0.3 is 0 Å². The monoisotopic (exact) mass is 421 g/mol. The first-order valence-electron chi connectivity index (χ1n) is 9.41. The van der Waals surface area contributed by atoms with E-state index < -0.39 is 0 Å². The molecule has 30 heavy (non-hydrogen) atoms. The number of rotatable bonds is 9. The van der Waals surface area contributed by atoms with Crippen molar-refractivity contribution in [2.75, 3.05) is 25.3 Å². The molecule has 0 saturated carbocycles. The lowest BCUT2D eigenvalue weighted by atomic mass is 10.1. The number of thioether (sulfide) groups is 1. The van der Waals surface area contributed by atoms with Gasteiger partial charge in [-0.15, -0.1) is 11.8 Å². The smallest absolute Gasteiger partial charge is 0.228 e. The number of amides is 1. The second kappa shape index (κ2) is 10.5. The van der Waals surface area contributed by atoms with Gasteiger partial charge in [-0.3, -0.25) is 9.59 Å². The molecule has 0 heterocycles. The molecule has 1 N–H and O–H groups in total. The predicted molar refractivity (Wildman–Crippen MR) is 120 cm³/mol. The average Bonchev–Trinajstić information content (AvgIpc) is 2.77. The summed E-state index contributed by atoms with van der Waals surface area (Å²) in [6.07, 6.45) is 0.315. The normalized spacial score (nSPS) is 10.3. The van der Waals surface area contributed by atoms with Gasteiger partial charge in [-0.25, -0.2) is 0 Å². The number of ether oxygens (including phenoxy) is 2. The third-order valence-corrected chi connectivity index (χ3v) is 5.39. The minimum absolute atomic E-state index is 0.0144. The number of anilines is 1. The molecule has 0 aliphatic rings. The standard InChI is InChI=1S/C24H23NO4S/c1-28-22-12-11-18(14-23(22)29-2)21(26)16-30-20-10-6-9-19(15-20)25-24(27)13-17-7-4-3-5-8-17/h3-12,14-15H,13,16H2,1-2H3,(H,25,27). The molecule has 0 fully saturated rings. The van der Waals surface area contributed by atoms with E-state index >= 15 is 0 Å². The Balaban J connectivity index is 1.58. The molecule has 1 amide bonds. The van der Waals surface area contributed by atoms with Crippen LogP contribution in [-0.4, -0.2) is 31.7 Å². The molecule has 3 aromatic carbocycles. The fourth-order valence-electron chi connectivity index (χ4n) is 2.89. The SMILES string of the molecule is COc1ccc(C(=O)CSc2cccc(NC(=O)Cc3ccccc3)c2)cc1OC. The topological polar surface area (TPSA) is 64.6 Å². The Kier molecular flexibility index (Phi) is 7.51. The summed E-state index contributed by atoms with van der Waals surface area (Å²) in [7, 11) is 3.10. The van der Waals surface area contributed by atoms with Gasteiger partial charge in [-0.05, 0) is 42.0 Å². The molecule has 5 nitrogen and oxygen atoms in total. The molecule has 0 aliphatic carbocycles. The first-order valence-corrected chi connectivity index (χ1v) is 10.4. The molecule has 3 rings (SSSR count). The van der Waals surface area contributed by atoms with Crippen LogP contribution in [0.3, 0.4) is 0 Å². The number of methoxy groups -OCH3 is 2. The number of hydrogen-bond acceptors (Lipinski definition) is 5. The fourth-order valence-corrected chi connectivity index (χ4v) is 3.74. The number of carbonyl (C=O) groups excluding carboxylic acids is 2. The van der Waals surface area contributed by atoms with Crippen molar-refractivity contribution in [3.8, 4) is 11.5 Å². The summed E-state index contributed by atoms with van der Waals surface area (Å²) in [5.41, 5.74) is 2.23. The lowest BCUT2D eigenvalue weighted by molar-refractivity contribution is -0.115. The molecule has 0 unspecified atom stereocenters. The van der Waals surface area contributed by atoms with Crippen LogP contribution >= 0.6 is 11.8 Å². The molecule has 0 radical (unpaired) electrons. The Morgan fingerprint density at radius 3 is 2.37 bits per heavy atom. The highest BCUT2D eigenvalue weighted by Gasteiger charge is 2.12. The summed E-state index contributed by atoms with van der Waals surface area (Å²) in [6, 6.07) is 22.2. The minimum atomic E-state index is -0.0789. The van der Waals surface area contributed by atoms with Crippen molar-refractivity contribution >= 4 is 29.1 Å². The highest BCUT2D eigenvalue weighted by molar-refractivity contribution is 8.00. The van der Waals surface area contributed by atoms with Gasteiger partial charge in [0.25, 0.3) is 0 Å². The molecule has 6 heteroatoms. The number of benzene rings is 3. The minimum Gasteiger partial charge on any atom is -0.493 e. The second-order valence-electron chi connectivity index (χ2n) is 6.52. The van der Waals surface area contributed by atoms with E-state index in [0.29, 0.717) is 29.2 Å². The summed E-state index contributed by atoms with van der Waals surface area (Å²) in [6.45, 7) is 0. The Morgan fingerprint density at radius 2 is 1.63 bits per heavy atom. The van der Waals surface area contributed by atoms with Gasteiger partial charge < -0.3 is 14.8 Å². The first kappa shape index (κ1) is 21.5. The van der Waals surface area contributed by atoms with Crippen LogP contribution in [0.5, 0.6) is 11.5 Å². The van der Waals surface area contributed by atoms with Crippen LogP contribution in [0.4, 0.5) is 5.69 Å². The molecule has 0 aromatic heterocycles. The maximum absolute atomic E-state index is 12.6. The third-order valence-electron chi connectivity index (χ3n) is 4.40. The lowest BCUT2D eigenvalue weighted by Crippen LogP contribution is -2.14. The van der Waals surface area contributed by atoms with E-state index in [1.54, 1.807) is 32.4 Å². The van der Waals surface area contributed by atoms with Gasteiger partial charge in [-0.2, -0.15) is 0 Å². The van der Waals surface area contributed by atoms with E-state index in [1.165, 1.54) is 11.8 Å². The van der Waals surface area contributed by atoms with Gasteiger partial charge in [0.05, 0.1) is 26.4 Å². The maximum Gasteiger partial charge on any atom is 0.228 e. The quantitative estimate of drug-likeness (QED) is 0.395. The van der Waals surface area contributed by atoms with Crippen LogP contribution in [0.15, 0.2) is 77.7 Å². The fraction of sp³-hybridized carbons (Fsp3) is 0.167. The van der Waals surface area contributed by atoms with E-state index in [1.807, 2.05) is 54.6 Å². The van der Waals surface area contributed by atoms with Crippen molar-refractivity contribution in [2.24, 2.45) is 0 Å². The molecule has 0 aliphatic heterocycles. The van der Waals surface area contributed by atoms with E-state index in [9.17, 15) is 9.59 Å². The summed E-state index contributed by atoms with van der Waals surface area (Å²) in [4.78, 5) is 25.7. The largest absolute Gasteiger partial charge is 0.493 e. The van der Waals surface area contributed by atoms with Crippen LogP contribution in [0.25, 0.3) is 0 Å². The average molecular weight is 422 g/mol. The zero-order chi connectivity index (χ0) is 21.3. The highest BCUT2D eigenvalue weighted by Crippen LogP contribution is 2.29. The Labute approximate surface area is 180 Å². The first-order chi connectivity index (χ1) is 14.6. The van der Waals surface area contributed by atoms with Crippen molar-refractivity contribution in [1.82, 2.24) is 0 Å². The van der Waals surface area contributed by atoms with Gasteiger partial charge in [0.1, 0.15) is 0 Å². The van der Waals surface area contributed by atoms with Crippen LogP contribution in [-0.2, 0) is 11.2 Å². The number of hydrogen-bond donors (Lipinski definition) is 1.